The third-order valence-corrected chi connectivity index (χ3v) is 1.43. The van der Waals surface area contributed by atoms with E-state index >= 15 is 0 Å². The smallest absolute Gasteiger partial charge is 0.330 e. The maximum Gasteiger partial charge on any atom is 0.330 e. The van der Waals surface area contributed by atoms with E-state index in [9.17, 15) is 9.59 Å². The van der Waals surface area contributed by atoms with Crippen LogP contribution in [0.25, 0.3) is 0 Å². The zero-order chi connectivity index (χ0) is 11.8. The molecule has 0 fully saturated rings. The van der Waals surface area contributed by atoms with Gasteiger partial charge in [-0.15, -0.1) is 0 Å². The number of carbonyl (C=O) groups excluding carboxylic acids is 2. The molecule has 0 radical (unpaired) electrons. The predicted octanol–water partition coefficient (Wildman–Crippen LogP) is 1.19. The largest absolute Gasteiger partial charge is 0.457 e. The van der Waals surface area contributed by atoms with Crippen molar-refractivity contribution in [3.05, 3.63) is 24.3 Å². The molecule has 0 saturated carbocycles. The molecule has 4 heteroatoms. The number of carbonyl (C=O) groups is 2. The summed E-state index contributed by atoms with van der Waals surface area (Å²) < 4.78 is 4.76. The van der Waals surface area contributed by atoms with Gasteiger partial charge in [-0.2, -0.15) is 0 Å². The number of hydrogen-bond acceptors (Lipinski definition) is 3. The van der Waals surface area contributed by atoms with Gasteiger partial charge < -0.3 is 10.1 Å². The molecule has 1 amide bonds. The normalized spacial score (nSPS) is 10.4. The van der Waals surface area contributed by atoms with Crippen molar-refractivity contribution in [3.63, 3.8) is 0 Å². The SMILES string of the molecule is C=C(COC(=O)/C=C/C)C(=O)NC(C)C. The van der Waals surface area contributed by atoms with E-state index < -0.39 is 5.97 Å². The van der Waals surface area contributed by atoms with Crippen molar-refractivity contribution in [2.75, 3.05) is 6.61 Å². The molecule has 15 heavy (non-hydrogen) atoms. The fraction of sp³-hybridized carbons (Fsp3) is 0.455. The number of allylic oxidation sites excluding steroid dienone is 1. The first-order chi connectivity index (χ1) is 6.97. The van der Waals surface area contributed by atoms with Gasteiger partial charge in [0.25, 0.3) is 0 Å². The molecule has 0 aliphatic carbocycles. The highest BCUT2D eigenvalue weighted by atomic mass is 16.5. The molecular weight excluding hydrogens is 194 g/mol. The second kappa shape index (κ2) is 6.81. The molecule has 0 unspecified atom stereocenters. The van der Waals surface area contributed by atoms with Crippen LogP contribution in [0.15, 0.2) is 24.3 Å². The predicted molar refractivity (Wildman–Crippen MR) is 58.2 cm³/mol. The molecule has 0 aliphatic rings. The highest BCUT2D eigenvalue weighted by Crippen LogP contribution is 1.94. The minimum absolute atomic E-state index is 0.0421. The Balaban J connectivity index is 3.93. The van der Waals surface area contributed by atoms with Gasteiger partial charge in [-0.05, 0) is 20.8 Å². The van der Waals surface area contributed by atoms with Gasteiger partial charge in [0.1, 0.15) is 6.61 Å². The van der Waals surface area contributed by atoms with E-state index in [1.54, 1.807) is 13.0 Å². The van der Waals surface area contributed by atoms with Crippen molar-refractivity contribution < 1.29 is 14.3 Å². The number of ether oxygens (including phenoxy) is 1. The summed E-state index contributed by atoms with van der Waals surface area (Å²) >= 11 is 0. The van der Waals surface area contributed by atoms with Crippen molar-refractivity contribution in [3.8, 4) is 0 Å². The van der Waals surface area contributed by atoms with Gasteiger partial charge in [0, 0.05) is 17.7 Å². The molecule has 84 valence electrons. The summed E-state index contributed by atoms with van der Waals surface area (Å²) in [7, 11) is 0. The van der Waals surface area contributed by atoms with E-state index in [4.69, 9.17) is 4.74 Å². The molecular formula is C11H17NO3. The van der Waals surface area contributed by atoms with Crippen molar-refractivity contribution in [2.45, 2.75) is 26.8 Å². The van der Waals surface area contributed by atoms with Crippen LogP contribution >= 0.6 is 0 Å². The average molecular weight is 211 g/mol. The Kier molecular flexibility index (Phi) is 6.09. The standard InChI is InChI=1S/C11H17NO3/c1-5-6-10(13)15-7-9(4)11(14)12-8(2)3/h5-6,8H,4,7H2,1-3H3,(H,12,14)/b6-5+. The van der Waals surface area contributed by atoms with Crippen LogP contribution in [0.3, 0.4) is 0 Å². The summed E-state index contributed by atoms with van der Waals surface area (Å²) in [6.45, 7) is 8.84. The van der Waals surface area contributed by atoms with Crippen LogP contribution in [0.2, 0.25) is 0 Å². The van der Waals surface area contributed by atoms with E-state index in [-0.39, 0.29) is 24.1 Å². The topological polar surface area (TPSA) is 55.4 Å². The lowest BCUT2D eigenvalue weighted by atomic mass is 10.3. The van der Waals surface area contributed by atoms with E-state index in [1.807, 2.05) is 13.8 Å². The maximum absolute atomic E-state index is 11.3. The first-order valence-electron chi connectivity index (χ1n) is 4.75. The molecule has 4 nitrogen and oxygen atoms in total. The highest BCUT2D eigenvalue weighted by molar-refractivity contribution is 5.93. The van der Waals surface area contributed by atoms with Gasteiger partial charge in [0.2, 0.25) is 5.91 Å². The molecule has 0 saturated heterocycles. The van der Waals surface area contributed by atoms with Gasteiger partial charge in [-0.3, -0.25) is 4.79 Å². The number of esters is 1. The Morgan fingerprint density at radius 3 is 2.53 bits per heavy atom. The molecule has 0 bridgehead atoms. The van der Waals surface area contributed by atoms with E-state index in [0.29, 0.717) is 0 Å². The molecule has 0 heterocycles. The Morgan fingerprint density at radius 1 is 1.47 bits per heavy atom. The van der Waals surface area contributed by atoms with Crippen molar-refractivity contribution in [1.82, 2.24) is 5.32 Å². The molecule has 0 aromatic heterocycles. The van der Waals surface area contributed by atoms with E-state index in [0.717, 1.165) is 0 Å². The van der Waals surface area contributed by atoms with Crippen LogP contribution < -0.4 is 5.32 Å². The first kappa shape index (κ1) is 13.4. The molecule has 0 atom stereocenters. The molecule has 0 aromatic carbocycles. The Hall–Kier alpha value is -1.58. The van der Waals surface area contributed by atoms with Crippen LogP contribution in [0.4, 0.5) is 0 Å². The molecule has 0 spiro atoms. The number of hydrogen-bond donors (Lipinski definition) is 1. The summed E-state index contributed by atoms with van der Waals surface area (Å²) in [5.74, 6) is -0.769. The minimum atomic E-state index is -0.476. The molecule has 1 N–H and O–H groups in total. The van der Waals surface area contributed by atoms with Crippen molar-refractivity contribution in [2.24, 2.45) is 0 Å². The van der Waals surface area contributed by atoms with Crippen LogP contribution in [-0.4, -0.2) is 24.5 Å². The maximum atomic E-state index is 11.3. The van der Waals surface area contributed by atoms with Crippen molar-refractivity contribution >= 4 is 11.9 Å². The third-order valence-electron chi connectivity index (χ3n) is 1.43. The van der Waals surface area contributed by atoms with Crippen LogP contribution in [0.5, 0.6) is 0 Å². The highest BCUT2D eigenvalue weighted by Gasteiger charge is 2.09. The minimum Gasteiger partial charge on any atom is -0.457 e. The molecule has 0 rings (SSSR count). The lowest BCUT2D eigenvalue weighted by Crippen LogP contribution is -2.32. The Bertz CT molecular complexity index is 280. The summed E-state index contributed by atoms with van der Waals surface area (Å²) in [4.78, 5) is 22.2. The van der Waals surface area contributed by atoms with Gasteiger partial charge in [-0.25, -0.2) is 4.79 Å². The van der Waals surface area contributed by atoms with Crippen LogP contribution in [0, 0.1) is 0 Å². The molecule has 0 aliphatic heterocycles. The zero-order valence-corrected chi connectivity index (χ0v) is 9.37. The van der Waals surface area contributed by atoms with Gasteiger partial charge >= 0.3 is 5.97 Å². The summed E-state index contributed by atoms with van der Waals surface area (Å²) in [5.41, 5.74) is 0.238. The van der Waals surface area contributed by atoms with Crippen LogP contribution in [0.1, 0.15) is 20.8 Å². The number of rotatable bonds is 5. The summed E-state index contributed by atoms with van der Waals surface area (Å²) in [5, 5.41) is 2.65. The number of amides is 1. The van der Waals surface area contributed by atoms with E-state index in [2.05, 4.69) is 11.9 Å². The monoisotopic (exact) mass is 211 g/mol. The first-order valence-corrected chi connectivity index (χ1v) is 4.75. The summed E-state index contributed by atoms with van der Waals surface area (Å²) in [6, 6.07) is 0.0421. The summed E-state index contributed by atoms with van der Waals surface area (Å²) in [6.07, 6.45) is 2.85. The Labute approximate surface area is 90.0 Å². The third kappa shape index (κ3) is 6.49. The zero-order valence-electron chi connectivity index (χ0n) is 9.37. The van der Waals surface area contributed by atoms with Gasteiger partial charge in [0.05, 0.1) is 0 Å². The Morgan fingerprint density at radius 2 is 2.07 bits per heavy atom. The second-order valence-electron chi connectivity index (χ2n) is 3.34. The second-order valence-corrected chi connectivity index (χ2v) is 3.34. The van der Waals surface area contributed by atoms with Gasteiger partial charge in [0.15, 0.2) is 0 Å². The quantitative estimate of drug-likeness (QED) is 0.549. The van der Waals surface area contributed by atoms with Gasteiger partial charge in [-0.1, -0.05) is 12.7 Å². The lowest BCUT2D eigenvalue weighted by molar-refractivity contribution is -0.137. The fourth-order valence-corrected chi connectivity index (χ4v) is 0.772. The van der Waals surface area contributed by atoms with E-state index in [1.165, 1.54) is 6.08 Å². The number of nitrogens with one attached hydrogen (secondary N) is 1. The van der Waals surface area contributed by atoms with Crippen molar-refractivity contribution in [1.29, 1.82) is 0 Å². The average Bonchev–Trinajstić information content (AvgIpc) is 2.13. The fourth-order valence-electron chi connectivity index (χ4n) is 0.772. The molecule has 0 aromatic rings. The van der Waals surface area contributed by atoms with Crippen LogP contribution in [-0.2, 0) is 14.3 Å². The lowest BCUT2D eigenvalue weighted by Gasteiger charge is -2.09.